The average molecular weight is 477 g/mol. The lowest BCUT2D eigenvalue weighted by Gasteiger charge is -2.36. The summed E-state index contributed by atoms with van der Waals surface area (Å²) in [5.74, 6) is 0.801. The molecular weight excluding hydrogens is 452 g/mol. The van der Waals surface area contributed by atoms with Crippen molar-refractivity contribution < 1.29 is 9.53 Å². The van der Waals surface area contributed by atoms with Crippen molar-refractivity contribution in [3.8, 4) is 10.6 Å². The highest BCUT2D eigenvalue weighted by molar-refractivity contribution is 9.11. The summed E-state index contributed by atoms with van der Waals surface area (Å²) < 4.78 is 6.54. The van der Waals surface area contributed by atoms with Gasteiger partial charge in [0.15, 0.2) is 0 Å². The van der Waals surface area contributed by atoms with E-state index in [2.05, 4.69) is 37.3 Å². The third-order valence-electron chi connectivity index (χ3n) is 5.11. The van der Waals surface area contributed by atoms with E-state index in [0.29, 0.717) is 0 Å². The number of thiazole rings is 1. The van der Waals surface area contributed by atoms with Crippen LogP contribution in [0.2, 0.25) is 0 Å². The highest BCUT2D eigenvalue weighted by atomic mass is 79.9. The Balaban J connectivity index is 1.68. The number of fused-ring (bicyclic) bond motifs is 1. The minimum atomic E-state index is -0.537. The number of ether oxygens (including phenoxy) is 1. The Morgan fingerprint density at radius 2 is 2.03 bits per heavy atom. The Labute approximate surface area is 182 Å². The van der Waals surface area contributed by atoms with Gasteiger partial charge < -0.3 is 15.0 Å². The molecule has 0 aliphatic heterocycles. The average Bonchev–Trinajstić information content (AvgIpc) is 3.26. The topological polar surface area (TPSA) is 79.9 Å². The second kappa shape index (κ2) is 7.72. The second-order valence-corrected chi connectivity index (χ2v) is 11.0. The van der Waals surface area contributed by atoms with E-state index in [1.165, 1.54) is 6.42 Å². The molecule has 2 aromatic heterocycles. The molecule has 1 aromatic carbocycles. The van der Waals surface area contributed by atoms with Crippen molar-refractivity contribution in [2.75, 3.05) is 0 Å². The number of nitrogens with zero attached hydrogens (tertiary/aromatic N) is 2. The molecule has 154 valence electrons. The quantitative estimate of drug-likeness (QED) is 0.476. The highest BCUT2D eigenvalue weighted by Gasteiger charge is 2.39. The van der Waals surface area contributed by atoms with E-state index in [1.807, 2.05) is 39.1 Å². The molecule has 8 heteroatoms. The number of aromatic nitrogens is 3. The van der Waals surface area contributed by atoms with Crippen LogP contribution in [0.1, 0.15) is 58.7 Å². The Hall–Kier alpha value is -1.93. The van der Waals surface area contributed by atoms with Gasteiger partial charge >= 0.3 is 6.09 Å². The van der Waals surface area contributed by atoms with E-state index in [1.54, 1.807) is 11.3 Å². The molecule has 1 saturated carbocycles. The highest BCUT2D eigenvalue weighted by Crippen LogP contribution is 2.37. The Kier molecular flexibility index (Phi) is 5.42. The summed E-state index contributed by atoms with van der Waals surface area (Å²) in [6.45, 7) is 5.62. The van der Waals surface area contributed by atoms with Crippen molar-refractivity contribution >= 4 is 44.4 Å². The second-order valence-electron chi connectivity index (χ2n) is 8.56. The lowest BCUT2D eigenvalue weighted by molar-refractivity contribution is 0.0413. The van der Waals surface area contributed by atoms with Crippen LogP contribution in [-0.4, -0.2) is 26.6 Å². The summed E-state index contributed by atoms with van der Waals surface area (Å²) in [5, 5.41) is 4.10. The summed E-state index contributed by atoms with van der Waals surface area (Å²) in [6.07, 6.45) is 6.37. The van der Waals surface area contributed by atoms with Gasteiger partial charge in [-0.05, 0) is 67.7 Å². The van der Waals surface area contributed by atoms with Crippen molar-refractivity contribution in [3.05, 3.63) is 34.0 Å². The third kappa shape index (κ3) is 4.48. The number of rotatable bonds is 3. The lowest BCUT2D eigenvalue weighted by Crippen LogP contribution is -2.49. The van der Waals surface area contributed by atoms with Crippen molar-refractivity contribution in [1.82, 2.24) is 20.3 Å². The zero-order valence-electron chi connectivity index (χ0n) is 16.8. The molecular formula is C21H25BrN4O2S. The molecule has 2 N–H and O–H groups in total. The Bertz CT molecular complexity index is 1030. The summed E-state index contributed by atoms with van der Waals surface area (Å²) in [7, 11) is 0. The summed E-state index contributed by atoms with van der Waals surface area (Å²) in [5.41, 5.74) is 1.81. The molecule has 0 unspecified atom stereocenters. The molecule has 29 heavy (non-hydrogen) atoms. The summed E-state index contributed by atoms with van der Waals surface area (Å²) >= 11 is 5.06. The van der Waals surface area contributed by atoms with Gasteiger partial charge in [-0.1, -0.05) is 19.3 Å². The molecule has 4 rings (SSSR count). The van der Waals surface area contributed by atoms with Crippen molar-refractivity contribution in [3.63, 3.8) is 0 Å². The number of aromatic amines is 1. The van der Waals surface area contributed by atoms with Crippen LogP contribution in [0.5, 0.6) is 0 Å². The number of imidazole rings is 1. The van der Waals surface area contributed by atoms with Gasteiger partial charge in [-0.3, -0.25) is 0 Å². The number of hydrogen-bond donors (Lipinski definition) is 2. The van der Waals surface area contributed by atoms with Gasteiger partial charge in [0.1, 0.15) is 22.0 Å². The first-order valence-corrected chi connectivity index (χ1v) is 11.5. The number of alkyl carbamates (subject to hydrolysis) is 1. The van der Waals surface area contributed by atoms with Gasteiger partial charge in [-0.25, -0.2) is 14.8 Å². The van der Waals surface area contributed by atoms with Crippen LogP contribution in [0.4, 0.5) is 4.79 Å². The van der Waals surface area contributed by atoms with Crippen molar-refractivity contribution in [1.29, 1.82) is 0 Å². The van der Waals surface area contributed by atoms with Gasteiger partial charge in [0, 0.05) is 5.56 Å². The number of halogens is 1. The molecule has 1 fully saturated rings. The largest absolute Gasteiger partial charge is 0.444 e. The Morgan fingerprint density at radius 1 is 1.28 bits per heavy atom. The number of carbonyl (C=O) groups excluding carboxylic acids is 1. The summed E-state index contributed by atoms with van der Waals surface area (Å²) in [6, 6.07) is 6.11. The smallest absolute Gasteiger partial charge is 0.408 e. The fourth-order valence-corrected chi connectivity index (χ4v) is 5.04. The van der Waals surface area contributed by atoms with Crippen molar-refractivity contribution in [2.24, 2.45) is 0 Å². The first-order chi connectivity index (χ1) is 13.7. The minimum absolute atomic E-state index is 0.395. The molecule has 1 aliphatic rings. The zero-order chi connectivity index (χ0) is 20.6. The van der Waals surface area contributed by atoms with Crippen LogP contribution in [0.15, 0.2) is 28.2 Å². The molecule has 0 atom stereocenters. The normalized spacial score (nSPS) is 16.7. The minimum Gasteiger partial charge on any atom is -0.444 e. The molecule has 0 spiro atoms. The maximum Gasteiger partial charge on any atom is 0.408 e. The number of hydrogen-bond acceptors (Lipinski definition) is 5. The first-order valence-electron chi connectivity index (χ1n) is 9.87. The monoisotopic (exact) mass is 476 g/mol. The van der Waals surface area contributed by atoms with Gasteiger partial charge in [-0.2, -0.15) is 0 Å². The molecule has 0 bridgehead atoms. The van der Waals surface area contributed by atoms with Crippen molar-refractivity contribution in [2.45, 2.75) is 64.0 Å². The molecule has 0 saturated heterocycles. The van der Waals surface area contributed by atoms with Gasteiger partial charge in [0.2, 0.25) is 0 Å². The van der Waals surface area contributed by atoms with Crippen LogP contribution in [0, 0.1) is 0 Å². The number of nitrogens with one attached hydrogen (secondary N) is 2. The summed E-state index contributed by atoms with van der Waals surface area (Å²) in [4.78, 5) is 25.3. The van der Waals surface area contributed by atoms with E-state index >= 15 is 0 Å². The van der Waals surface area contributed by atoms with Gasteiger partial charge in [0.25, 0.3) is 0 Å². The predicted octanol–water partition coefficient (Wildman–Crippen LogP) is 6.13. The molecule has 1 aliphatic carbocycles. The zero-order valence-corrected chi connectivity index (χ0v) is 19.2. The van der Waals surface area contributed by atoms with Crippen LogP contribution in [-0.2, 0) is 10.3 Å². The third-order valence-corrected chi connectivity index (χ3v) is 6.63. The van der Waals surface area contributed by atoms with E-state index in [0.717, 1.165) is 56.9 Å². The molecule has 6 nitrogen and oxygen atoms in total. The molecule has 2 heterocycles. The van der Waals surface area contributed by atoms with E-state index in [9.17, 15) is 4.79 Å². The fraction of sp³-hybridized carbons (Fsp3) is 0.476. The van der Waals surface area contributed by atoms with E-state index in [4.69, 9.17) is 9.72 Å². The van der Waals surface area contributed by atoms with Gasteiger partial charge in [-0.15, -0.1) is 11.3 Å². The Morgan fingerprint density at radius 3 is 2.69 bits per heavy atom. The van der Waals surface area contributed by atoms with Gasteiger partial charge in [0.05, 0.1) is 21.0 Å². The standard InChI is InChI=1S/C21H25BrN4O2S/c1-20(2,3)28-19(27)26-21(9-5-4-6-10-21)18-24-14-8-7-13(11-15(14)25-18)17-23-12-16(22)29-17/h7-8,11-12H,4-6,9-10H2,1-3H3,(H,24,25)(H,26,27). The number of H-pyrrole nitrogens is 1. The van der Waals surface area contributed by atoms with Crippen LogP contribution < -0.4 is 5.32 Å². The first kappa shape index (κ1) is 20.3. The van der Waals surface area contributed by atoms with Crippen LogP contribution in [0.25, 0.3) is 21.6 Å². The maximum absolute atomic E-state index is 12.6. The number of carbonyl (C=O) groups is 1. The van der Waals surface area contributed by atoms with Crippen LogP contribution in [0.3, 0.4) is 0 Å². The van der Waals surface area contributed by atoms with E-state index < -0.39 is 17.2 Å². The molecule has 3 aromatic rings. The SMILES string of the molecule is CC(C)(C)OC(=O)NC1(c2nc3ccc(-c4ncc(Br)s4)cc3[nH]2)CCCCC1. The van der Waals surface area contributed by atoms with Crippen LogP contribution >= 0.6 is 27.3 Å². The number of amides is 1. The molecule has 1 amide bonds. The van der Waals surface area contributed by atoms with E-state index in [-0.39, 0.29) is 0 Å². The number of benzene rings is 1. The predicted molar refractivity (Wildman–Crippen MR) is 119 cm³/mol. The molecule has 0 radical (unpaired) electrons. The fourth-order valence-electron chi connectivity index (χ4n) is 3.83. The lowest BCUT2D eigenvalue weighted by atomic mass is 9.81. The maximum atomic E-state index is 12.6.